The molecule has 1 aliphatic heterocycles. The van der Waals surface area contributed by atoms with E-state index in [1.807, 2.05) is 20.8 Å². The lowest BCUT2D eigenvalue weighted by molar-refractivity contribution is -0.127. The minimum atomic E-state index is -0.723. The third-order valence-electron chi connectivity index (χ3n) is 3.73. The predicted octanol–water partition coefficient (Wildman–Crippen LogP) is 0.341. The van der Waals surface area contributed by atoms with Gasteiger partial charge < -0.3 is 15.8 Å². The molecule has 0 aliphatic carbocycles. The zero-order valence-electron chi connectivity index (χ0n) is 11.9. The number of nitrogens with zero attached hydrogens (tertiary/aromatic N) is 1. The lowest BCUT2D eigenvalue weighted by Crippen LogP contribution is -2.57. The second-order valence-electron chi connectivity index (χ2n) is 5.15. The molecule has 18 heavy (non-hydrogen) atoms. The van der Waals surface area contributed by atoms with Crippen LogP contribution in [0.3, 0.4) is 0 Å². The van der Waals surface area contributed by atoms with Crippen molar-refractivity contribution >= 4 is 5.91 Å². The van der Waals surface area contributed by atoms with Gasteiger partial charge in [-0.15, -0.1) is 0 Å². The summed E-state index contributed by atoms with van der Waals surface area (Å²) in [7, 11) is 0. The monoisotopic (exact) mass is 257 g/mol. The van der Waals surface area contributed by atoms with Gasteiger partial charge in [0.25, 0.3) is 0 Å². The van der Waals surface area contributed by atoms with Crippen LogP contribution in [-0.2, 0) is 9.53 Å². The highest BCUT2D eigenvalue weighted by Gasteiger charge is 2.30. The van der Waals surface area contributed by atoms with E-state index >= 15 is 0 Å². The van der Waals surface area contributed by atoms with E-state index in [1.54, 1.807) is 0 Å². The lowest BCUT2D eigenvalue weighted by Gasteiger charge is -2.32. The summed E-state index contributed by atoms with van der Waals surface area (Å²) in [5, 5.41) is 3.02. The fourth-order valence-corrected chi connectivity index (χ4v) is 2.16. The molecule has 0 radical (unpaired) electrons. The van der Waals surface area contributed by atoms with Gasteiger partial charge in [0.1, 0.15) is 0 Å². The summed E-state index contributed by atoms with van der Waals surface area (Å²) in [5.74, 6) is -0.0340. The van der Waals surface area contributed by atoms with E-state index in [0.29, 0.717) is 12.8 Å². The van der Waals surface area contributed by atoms with Gasteiger partial charge in [-0.2, -0.15) is 0 Å². The third-order valence-corrected chi connectivity index (χ3v) is 3.73. The first-order valence-electron chi connectivity index (χ1n) is 6.91. The molecule has 1 fully saturated rings. The Labute approximate surface area is 110 Å². The Balaban J connectivity index is 2.38. The number of hydrogen-bond donors (Lipinski definition) is 2. The Morgan fingerprint density at radius 3 is 2.44 bits per heavy atom. The van der Waals surface area contributed by atoms with Crippen molar-refractivity contribution in [1.82, 2.24) is 10.2 Å². The molecule has 5 nitrogen and oxygen atoms in total. The predicted molar refractivity (Wildman–Crippen MR) is 72.4 cm³/mol. The van der Waals surface area contributed by atoms with Crippen LogP contribution in [0.15, 0.2) is 0 Å². The summed E-state index contributed by atoms with van der Waals surface area (Å²) in [6.45, 7) is 10.2. The van der Waals surface area contributed by atoms with Crippen LogP contribution in [0, 0.1) is 0 Å². The minimum absolute atomic E-state index is 0.0340. The van der Waals surface area contributed by atoms with E-state index in [9.17, 15) is 4.79 Å². The highest BCUT2D eigenvalue weighted by Crippen LogP contribution is 2.11. The summed E-state index contributed by atoms with van der Waals surface area (Å²) in [6, 6.07) is 0.122. The average molecular weight is 257 g/mol. The molecular weight excluding hydrogens is 230 g/mol. The Bertz CT molecular complexity index is 261. The van der Waals surface area contributed by atoms with E-state index in [-0.39, 0.29) is 11.9 Å². The first kappa shape index (κ1) is 15.4. The zero-order valence-corrected chi connectivity index (χ0v) is 11.9. The normalized spacial score (nSPS) is 19.6. The van der Waals surface area contributed by atoms with Crippen LogP contribution in [0.1, 0.15) is 33.6 Å². The van der Waals surface area contributed by atoms with Crippen LogP contribution in [0.5, 0.6) is 0 Å². The van der Waals surface area contributed by atoms with E-state index in [0.717, 1.165) is 32.8 Å². The first-order valence-corrected chi connectivity index (χ1v) is 6.91. The quantitative estimate of drug-likeness (QED) is 0.720. The molecule has 5 heteroatoms. The van der Waals surface area contributed by atoms with Gasteiger partial charge in [-0.25, -0.2) is 0 Å². The molecule has 3 N–H and O–H groups in total. The molecule has 0 aromatic carbocycles. The Morgan fingerprint density at radius 2 is 1.94 bits per heavy atom. The van der Waals surface area contributed by atoms with Gasteiger partial charge in [0.05, 0.1) is 18.8 Å². The molecule has 1 aliphatic rings. The van der Waals surface area contributed by atoms with Crippen molar-refractivity contribution in [2.75, 3.05) is 32.8 Å². The van der Waals surface area contributed by atoms with E-state index in [1.165, 1.54) is 0 Å². The number of carbonyl (C=O) groups is 1. The van der Waals surface area contributed by atoms with Crippen molar-refractivity contribution in [2.24, 2.45) is 5.73 Å². The molecule has 0 saturated carbocycles. The molecule has 1 unspecified atom stereocenters. The second-order valence-corrected chi connectivity index (χ2v) is 5.15. The van der Waals surface area contributed by atoms with Gasteiger partial charge in [-0.1, -0.05) is 13.8 Å². The van der Waals surface area contributed by atoms with Crippen LogP contribution < -0.4 is 11.1 Å². The highest BCUT2D eigenvalue weighted by atomic mass is 16.5. The number of nitrogens with two attached hydrogens (primary N) is 1. The van der Waals surface area contributed by atoms with Crippen LogP contribution in [0.25, 0.3) is 0 Å². The summed E-state index contributed by atoms with van der Waals surface area (Å²) in [5.41, 5.74) is 5.35. The van der Waals surface area contributed by atoms with Gasteiger partial charge in [0.15, 0.2) is 0 Å². The van der Waals surface area contributed by atoms with Gasteiger partial charge >= 0.3 is 0 Å². The van der Waals surface area contributed by atoms with Gasteiger partial charge in [-0.3, -0.25) is 9.69 Å². The Kier molecular flexibility index (Phi) is 6.05. The standard InChI is InChI=1S/C13H27N3O2/c1-4-13(14,5-2)12(17)15-11(3)10-16-6-8-18-9-7-16/h11H,4-10,14H2,1-3H3,(H,15,17). The number of hydrogen-bond acceptors (Lipinski definition) is 4. The zero-order chi connectivity index (χ0) is 13.6. The lowest BCUT2D eigenvalue weighted by atomic mass is 9.93. The molecule has 0 aromatic heterocycles. The molecular formula is C13H27N3O2. The van der Waals surface area contributed by atoms with Crippen LogP contribution in [-0.4, -0.2) is 55.2 Å². The number of amides is 1. The number of ether oxygens (including phenoxy) is 1. The summed E-state index contributed by atoms with van der Waals surface area (Å²) < 4.78 is 5.30. The van der Waals surface area contributed by atoms with Crippen molar-refractivity contribution in [3.8, 4) is 0 Å². The van der Waals surface area contributed by atoms with Crippen LogP contribution >= 0.6 is 0 Å². The minimum Gasteiger partial charge on any atom is -0.379 e. The summed E-state index contributed by atoms with van der Waals surface area (Å²) >= 11 is 0. The molecule has 106 valence electrons. The number of rotatable bonds is 6. The maximum Gasteiger partial charge on any atom is 0.240 e. The molecule has 1 atom stereocenters. The van der Waals surface area contributed by atoms with Crippen molar-refractivity contribution in [3.63, 3.8) is 0 Å². The fourth-order valence-electron chi connectivity index (χ4n) is 2.16. The second kappa shape index (κ2) is 7.07. The van der Waals surface area contributed by atoms with Crippen LogP contribution in [0.2, 0.25) is 0 Å². The van der Waals surface area contributed by atoms with Crippen molar-refractivity contribution in [1.29, 1.82) is 0 Å². The molecule has 1 amide bonds. The third kappa shape index (κ3) is 4.23. The maximum atomic E-state index is 12.1. The Morgan fingerprint density at radius 1 is 1.39 bits per heavy atom. The largest absolute Gasteiger partial charge is 0.379 e. The fraction of sp³-hybridized carbons (Fsp3) is 0.923. The van der Waals surface area contributed by atoms with Gasteiger partial charge in [0.2, 0.25) is 5.91 Å². The summed E-state index contributed by atoms with van der Waals surface area (Å²) in [6.07, 6.45) is 1.33. The molecule has 0 bridgehead atoms. The topological polar surface area (TPSA) is 67.6 Å². The number of nitrogens with one attached hydrogen (secondary N) is 1. The maximum absolute atomic E-state index is 12.1. The molecule has 1 rings (SSSR count). The molecule has 1 saturated heterocycles. The van der Waals surface area contributed by atoms with Gasteiger partial charge in [0, 0.05) is 25.7 Å². The van der Waals surface area contributed by atoms with E-state index < -0.39 is 5.54 Å². The van der Waals surface area contributed by atoms with E-state index in [4.69, 9.17) is 10.5 Å². The van der Waals surface area contributed by atoms with Crippen molar-refractivity contribution in [2.45, 2.75) is 45.2 Å². The number of carbonyl (C=O) groups excluding carboxylic acids is 1. The van der Waals surface area contributed by atoms with Gasteiger partial charge in [-0.05, 0) is 19.8 Å². The molecule has 1 heterocycles. The van der Waals surface area contributed by atoms with Crippen molar-refractivity contribution < 1.29 is 9.53 Å². The Hall–Kier alpha value is -0.650. The van der Waals surface area contributed by atoms with Crippen molar-refractivity contribution in [3.05, 3.63) is 0 Å². The number of morpholine rings is 1. The van der Waals surface area contributed by atoms with Crippen LogP contribution in [0.4, 0.5) is 0 Å². The average Bonchev–Trinajstić information content (AvgIpc) is 2.38. The first-order chi connectivity index (χ1) is 8.51. The smallest absolute Gasteiger partial charge is 0.240 e. The SMILES string of the molecule is CCC(N)(CC)C(=O)NC(C)CN1CCOCC1. The highest BCUT2D eigenvalue weighted by molar-refractivity contribution is 5.86. The van der Waals surface area contributed by atoms with E-state index in [2.05, 4.69) is 10.2 Å². The summed E-state index contributed by atoms with van der Waals surface area (Å²) in [4.78, 5) is 14.4. The molecule has 0 aromatic rings. The molecule has 0 spiro atoms.